The molecule has 0 N–H and O–H groups in total. The van der Waals surface area contributed by atoms with Gasteiger partial charge in [-0.05, 0) is 44.7 Å². The van der Waals surface area contributed by atoms with Gasteiger partial charge in [-0.15, -0.1) is 0 Å². The first-order valence-corrected chi connectivity index (χ1v) is 9.32. The normalized spacial score (nSPS) is 19.9. The van der Waals surface area contributed by atoms with Gasteiger partial charge in [0.05, 0.1) is 13.2 Å². The van der Waals surface area contributed by atoms with E-state index in [9.17, 15) is 8.42 Å². The molecule has 2 rings (SSSR count). The summed E-state index contributed by atoms with van der Waals surface area (Å²) < 4.78 is 38.5. The van der Waals surface area contributed by atoms with E-state index < -0.39 is 10.0 Å². The van der Waals surface area contributed by atoms with Crippen LogP contribution in [-0.2, 0) is 10.0 Å². The molecule has 0 amide bonds. The van der Waals surface area contributed by atoms with Gasteiger partial charge in [0.1, 0.15) is 16.4 Å². The molecule has 1 unspecified atom stereocenters. The van der Waals surface area contributed by atoms with Crippen LogP contribution in [0.1, 0.15) is 33.6 Å². The molecule has 1 aromatic carbocycles. The number of rotatable bonds is 6. The van der Waals surface area contributed by atoms with Crippen LogP contribution in [0.3, 0.4) is 0 Å². The van der Waals surface area contributed by atoms with Gasteiger partial charge < -0.3 is 9.47 Å². The predicted octanol–water partition coefficient (Wildman–Crippen LogP) is 2.90. The average molecular weight is 327 g/mol. The molecule has 0 bridgehead atoms. The van der Waals surface area contributed by atoms with Crippen LogP contribution in [0.5, 0.6) is 11.5 Å². The molecule has 1 aliphatic rings. The van der Waals surface area contributed by atoms with Crippen LogP contribution in [0.2, 0.25) is 0 Å². The summed E-state index contributed by atoms with van der Waals surface area (Å²) >= 11 is 0. The van der Waals surface area contributed by atoms with Gasteiger partial charge in [-0.25, -0.2) is 8.42 Å². The molecule has 0 spiro atoms. The van der Waals surface area contributed by atoms with E-state index in [0.717, 1.165) is 12.8 Å². The fourth-order valence-electron chi connectivity index (χ4n) is 2.72. The van der Waals surface area contributed by atoms with Gasteiger partial charge in [0, 0.05) is 19.2 Å². The van der Waals surface area contributed by atoms with Gasteiger partial charge in [-0.1, -0.05) is 6.92 Å². The predicted molar refractivity (Wildman–Crippen MR) is 85.9 cm³/mol. The molecule has 1 aromatic rings. The molecule has 1 saturated heterocycles. The van der Waals surface area contributed by atoms with E-state index in [1.54, 1.807) is 22.5 Å². The van der Waals surface area contributed by atoms with Crippen LogP contribution in [0.4, 0.5) is 0 Å². The number of hydrogen-bond acceptors (Lipinski definition) is 4. The van der Waals surface area contributed by atoms with Gasteiger partial charge in [0.2, 0.25) is 10.0 Å². The largest absolute Gasteiger partial charge is 0.494 e. The second-order valence-electron chi connectivity index (χ2n) is 5.59. The molecule has 0 radical (unpaired) electrons. The fraction of sp³-hybridized carbons (Fsp3) is 0.625. The van der Waals surface area contributed by atoms with Gasteiger partial charge in [0.25, 0.3) is 0 Å². The zero-order valence-corrected chi connectivity index (χ0v) is 14.4. The third-order valence-electron chi connectivity index (χ3n) is 3.76. The van der Waals surface area contributed by atoms with Crippen molar-refractivity contribution in [3.63, 3.8) is 0 Å². The molecule has 0 aromatic heterocycles. The minimum absolute atomic E-state index is 0.203. The zero-order valence-electron chi connectivity index (χ0n) is 13.5. The molecule has 22 heavy (non-hydrogen) atoms. The van der Waals surface area contributed by atoms with E-state index in [1.165, 1.54) is 0 Å². The van der Waals surface area contributed by atoms with Crippen LogP contribution < -0.4 is 9.47 Å². The molecule has 1 fully saturated rings. The lowest BCUT2D eigenvalue weighted by molar-refractivity contribution is 0.278. The molecule has 6 heteroatoms. The topological polar surface area (TPSA) is 55.8 Å². The number of benzene rings is 1. The first kappa shape index (κ1) is 17.1. The van der Waals surface area contributed by atoms with Crippen molar-refractivity contribution < 1.29 is 17.9 Å². The van der Waals surface area contributed by atoms with Crippen molar-refractivity contribution in [2.24, 2.45) is 5.92 Å². The number of ether oxygens (including phenoxy) is 2. The van der Waals surface area contributed by atoms with E-state index in [1.807, 2.05) is 13.8 Å². The highest BCUT2D eigenvalue weighted by atomic mass is 32.2. The smallest absolute Gasteiger partial charge is 0.246 e. The molecule has 1 aliphatic heterocycles. The van der Waals surface area contributed by atoms with Crippen LogP contribution in [-0.4, -0.2) is 39.0 Å². The summed E-state index contributed by atoms with van der Waals surface area (Å²) in [6.07, 6.45) is 1.97. The lowest BCUT2D eigenvalue weighted by Crippen LogP contribution is -2.39. The van der Waals surface area contributed by atoms with Crippen molar-refractivity contribution in [2.45, 2.75) is 38.5 Å². The Morgan fingerprint density at radius 2 is 1.95 bits per heavy atom. The lowest BCUT2D eigenvalue weighted by atomic mass is 10.0. The summed E-state index contributed by atoms with van der Waals surface area (Å²) in [5.74, 6) is 1.33. The van der Waals surface area contributed by atoms with Crippen molar-refractivity contribution >= 4 is 10.0 Å². The first-order valence-electron chi connectivity index (χ1n) is 7.88. The van der Waals surface area contributed by atoms with Crippen molar-refractivity contribution in [1.29, 1.82) is 0 Å². The second-order valence-corrected chi connectivity index (χ2v) is 7.49. The molecule has 1 atom stereocenters. The Labute approximate surface area is 133 Å². The molecule has 5 nitrogen and oxygen atoms in total. The highest BCUT2D eigenvalue weighted by Crippen LogP contribution is 2.32. The summed E-state index contributed by atoms with van der Waals surface area (Å²) in [5.41, 5.74) is 0. The third-order valence-corrected chi connectivity index (χ3v) is 5.65. The summed E-state index contributed by atoms with van der Waals surface area (Å²) in [6.45, 7) is 7.85. The molecule has 0 aliphatic carbocycles. The van der Waals surface area contributed by atoms with Gasteiger partial charge in [-0.2, -0.15) is 4.31 Å². The maximum Gasteiger partial charge on any atom is 0.246 e. The molecule has 124 valence electrons. The van der Waals surface area contributed by atoms with Crippen molar-refractivity contribution in [3.05, 3.63) is 18.2 Å². The Balaban J connectivity index is 2.40. The highest BCUT2D eigenvalue weighted by molar-refractivity contribution is 7.89. The SMILES string of the molecule is CCOc1ccc(OCC)c(S(=O)(=O)N2CCCC(C)C2)c1. The Hall–Kier alpha value is -1.27. The average Bonchev–Trinajstić information content (AvgIpc) is 2.49. The van der Waals surface area contributed by atoms with Crippen LogP contribution in [0.25, 0.3) is 0 Å². The third kappa shape index (κ3) is 3.73. The standard InChI is InChI=1S/C16H25NO4S/c1-4-20-14-8-9-15(21-5-2)16(11-14)22(18,19)17-10-6-7-13(3)12-17/h8-9,11,13H,4-7,10,12H2,1-3H3. The Bertz CT molecular complexity index is 600. The molecular formula is C16H25NO4S. The van der Waals surface area contributed by atoms with Crippen LogP contribution in [0.15, 0.2) is 23.1 Å². The van der Waals surface area contributed by atoms with Gasteiger partial charge >= 0.3 is 0 Å². The number of nitrogens with zero attached hydrogens (tertiary/aromatic N) is 1. The van der Waals surface area contributed by atoms with Crippen molar-refractivity contribution in [3.8, 4) is 11.5 Å². The Kier molecular flexibility index (Phi) is 5.69. The minimum Gasteiger partial charge on any atom is -0.494 e. The van der Waals surface area contributed by atoms with E-state index >= 15 is 0 Å². The number of hydrogen-bond donors (Lipinski definition) is 0. The molecular weight excluding hydrogens is 302 g/mol. The molecule has 1 heterocycles. The number of sulfonamides is 1. The van der Waals surface area contributed by atoms with Gasteiger partial charge in [-0.3, -0.25) is 0 Å². The first-order chi connectivity index (χ1) is 10.5. The number of piperidine rings is 1. The highest BCUT2D eigenvalue weighted by Gasteiger charge is 2.31. The quantitative estimate of drug-likeness (QED) is 0.806. The summed E-state index contributed by atoms with van der Waals surface area (Å²) in [7, 11) is -3.56. The van der Waals surface area contributed by atoms with Gasteiger partial charge in [0.15, 0.2) is 0 Å². The van der Waals surface area contributed by atoms with Crippen LogP contribution >= 0.6 is 0 Å². The Morgan fingerprint density at radius 1 is 1.23 bits per heavy atom. The van der Waals surface area contributed by atoms with E-state index in [4.69, 9.17) is 9.47 Å². The van der Waals surface area contributed by atoms with E-state index in [2.05, 4.69) is 6.92 Å². The van der Waals surface area contributed by atoms with E-state index in [-0.39, 0.29) is 4.90 Å². The maximum absolute atomic E-state index is 13.0. The monoisotopic (exact) mass is 327 g/mol. The fourth-order valence-corrected chi connectivity index (χ4v) is 4.47. The zero-order chi connectivity index (χ0) is 16.2. The minimum atomic E-state index is -3.56. The second kappa shape index (κ2) is 7.33. The van der Waals surface area contributed by atoms with Crippen molar-refractivity contribution in [2.75, 3.05) is 26.3 Å². The Morgan fingerprint density at radius 3 is 2.59 bits per heavy atom. The van der Waals surface area contributed by atoms with Crippen molar-refractivity contribution in [1.82, 2.24) is 4.31 Å². The summed E-state index contributed by atoms with van der Waals surface area (Å²) in [4.78, 5) is 0.203. The summed E-state index contributed by atoms with van der Waals surface area (Å²) in [6, 6.07) is 4.99. The van der Waals surface area contributed by atoms with E-state index in [0.29, 0.717) is 43.7 Å². The lowest BCUT2D eigenvalue weighted by Gasteiger charge is -2.30. The van der Waals surface area contributed by atoms with Crippen LogP contribution in [0, 0.1) is 5.92 Å². The molecule has 0 saturated carbocycles. The summed E-state index contributed by atoms with van der Waals surface area (Å²) in [5, 5.41) is 0. The maximum atomic E-state index is 13.0.